The van der Waals surface area contributed by atoms with Gasteiger partial charge in [0.1, 0.15) is 11.9 Å². The molecular weight excluding hydrogens is 342 g/mol. The van der Waals surface area contributed by atoms with E-state index in [1.165, 1.54) is 12.1 Å². The van der Waals surface area contributed by atoms with Gasteiger partial charge in [0.05, 0.1) is 4.92 Å². The molecule has 1 aromatic carbocycles. The highest BCUT2D eigenvalue weighted by Gasteiger charge is 2.26. The molecule has 0 radical (unpaired) electrons. The Balaban J connectivity index is 1.43. The van der Waals surface area contributed by atoms with Crippen LogP contribution in [0.3, 0.4) is 0 Å². The van der Waals surface area contributed by atoms with Gasteiger partial charge in [-0.2, -0.15) is 11.8 Å². The summed E-state index contributed by atoms with van der Waals surface area (Å²) in [5.74, 6) is 2.98. The van der Waals surface area contributed by atoms with Gasteiger partial charge >= 0.3 is 0 Å². The maximum atomic E-state index is 12.4. The minimum atomic E-state index is -0.423. The molecule has 3 rings (SSSR count). The molecule has 136 valence electrons. The lowest BCUT2D eigenvalue weighted by molar-refractivity contribution is -0.384. The highest BCUT2D eigenvalue weighted by Crippen LogP contribution is 2.22. The van der Waals surface area contributed by atoms with Crippen LogP contribution in [-0.4, -0.2) is 59.0 Å². The van der Waals surface area contributed by atoms with Crippen LogP contribution in [0.1, 0.15) is 19.3 Å². The topological polar surface area (TPSA) is 84.7 Å². The lowest BCUT2D eigenvalue weighted by Gasteiger charge is -2.33. The number of nitrogens with one attached hydrogen (secondary N) is 1. The summed E-state index contributed by atoms with van der Waals surface area (Å²) in [5, 5.41) is 14.1. The Morgan fingerprint density at radius 2 is 2.04 bits per heavy atom. The van der Waals surface area contributed by atoms with Crippen molar-refractivity contribution in [2.75, 3.05) is 31.1 Å². The number of carbonyl (C=O) groups is 1. The van der Waals surface area contributed by atoms with E-state index in [0.717, 1.165) is 30.9 Å². The number of thioether (sulfide) groups is 1. The van der Waals surface area contributed by atoms with Crippen LogP contribution < -0.4 is 10.1 Å². The zero-order valence-electron chi connectivity index (χ0n) is 14.1. The Labute approximate surface area is 151 Å². The molecule has 2 fully saturated rings. The Bertz CT molecular complexity index is 596. The fourth-order valence-electron chi connectivity index (χ4n) is 3.15. The van der Waals surface area contributed by atoms with Gasteiger partial charge < -0.3 is 15.0 Å². The first-order chi connectivity index (χ1) is 12.1. The zero-order chi connectivity index (χ0) is 17.6. The van der Waals surface area contributed by atoms with Crippen molar-refractivity contribution in [1.82, 2.24) is 10.2 Å². The molecule has 2 aliphatic rings. The van der Waals surface area contributed by atoms with E-state index in [9.17, 15) is 14.9 Å². The second-order valence-electron chi connectivity index (χ2n) is 6.38. The van der Waals surface area contributed by atoms with E-state index in [2.05, 4.69) is 5.32 Å². The predicted octanol–water partition coefficient (Wildman–Crippen LogP) is 2.06. The summed E-state index contributed by atoms with van der Waals surface area (Å²) < 4.78 is 5.89. The number of nitro benzene ring substituents is 1. The lowest BCUT2D eigenvalue weighted by Crippen LogP contribution is -2.46. The monoisotopic (exact) mass is 365 g/mol. The van der Waals surface area contributed by atoms with Crippen LogP contribution >= 0.6 is 11.8 Å². The molecule has 2 saturated heterocycles. The van der Waals surface area contributed by atoms with Crippen LogP contribution in [0.25, 0.3) is 0 Å². The SMILES string of the molecule is O=C(CC1CSCCN1)N1CCC(Oc2ccc([N+](=O)[O-])cc2)CC1. The minimum absolute atomic E-state index is 0.0499. The molecule has 0 spiro atoms. The molecule has 2 aliphatic heterocycles. The number of nitro groups is 1. The van der Waals surface area contributed by atoms with E-state index in [0.29, 0.717) is 31.3 Å². The number of piperidine rings is 1. The maximum Gasteiger partial charge on any atom is 0.269 e. The number of carbonyl (C=O) groups excluding carboxylic acids is 1. The first-order valence-electron chi connectivity index (χ1n) is 8.62. The molecule has 0 aliphatic carbocycles. The molecule has 1 unspecified atom stereocenters. The van der Waals surface area contributed by atoms with Crippen LogP contribution in [0.4, 0.5) is 5.69 Å². The Kier molecular flexibility index (Phi) is 6.14. The van der Waals surface area contributed by atoms with Gasteiger partial charge in [-0.15, -0.1) is 0 Å². The standard InChI is InChI=1S/C17H23N3O4S/c21-17(11-13-12-25-10-7-18-13)19-8-5-16(6-9-19)24-15-3-1-14(2-4-15)20(22)23/h1-4,13,16,18H,5-12H2. The number of amides is 1. The number of rotatable bonds is 5. The number of benzene rings is 1. The van der Waals surface area contributed by atoms with Crippen LogP contribution in [0.15, 0.2) is 24.3 Å². The lowest BCUT2D eigenvalue weighted by atomic mass is 10.1. The molecule has 0 aromatic heterocycles. The normalized spacial score (nSPS) is 21.8. The van der Waals surface area contributed by atoms with Crippen molar-refractivity contribution in [1.29, 1.82) is 0 Å². The van der Waals surface area contributed by atoms with Crippen molar-refractivity contribution in [2.45, 2.75) is 31.4 Å². The second kappa shape index (κ2) is 8.53. The maximum absolute atomic E-state index is 12.4. The van der Waals surface area contributed by atoms with Crippen LogP contribution in [0, 0.1) is 10.1 Å². The summed E-state index contributed by atoms with van der Waals surface area (Å²) in [6, 6.07) is 6.44. The fourth-order valence-corrected chi connectivity index (χ4v) is 4.10. The van der Waals surface area contributed by atoms with E-state index in [4.69, 9.17) is 4.74 Å². The number of hydrogen-bond donors (Lipinski definition) is 1. The first-order valence-corrected chi connectivity index (χ1v) is 9.77. The van der Waals surface area contributed by atoms with Gasteiger partial charge in [-0.05, 0) is 12.1 Å². The van der Waals surface area contributed by atoms with E-state index in [-0.39, 0.29) is 17.7 Å². The smallest absolute Gasteiger partial charge is 0.269 e. The predicted molar refractivity (Wildman–Crippen MR) is 97.1 cm³/mol. The third kappa shape index (κ3) is 5.09. The van der Waals surface area contributed by atoms with Crippen molar-refractivity contribution in [3.63, 3.8) is 0 Å². The van der Waals surface area contributed by atoms with Gasteiger partial charge in [0.25, 0.3) is 5.69 Å². The fraction of sp³-hybridized carbons (Fsp3) is 0.588. The molecule has 25 heavy (non-hydrogen) atoms. The summed E-state index contributed by atoms with van der Waals surface area (Å²) in [4.78, 5) is 24.6. The summed E-state index contributed by atoms with van der Waals surface area (Å²) in [6.45, 7) is 2.39. The number of ether oxygens (including phenoxy) is 1. The van der Waals surface area contributed by atoms with Crippen LogP contribution in [-0.2, 0) is 4.79 Å². The summed E-state index contributed by atoms with van der Waals surface area (Å²) in [5.41, 5.74) is 0.0576. The average Bonchev–Trinajstić information content (AvgIpc) is 2.63. The molecule has 1 aromatic rings. The molecule has 1 N–H and O–H groups in total. The third-order valence-electron chi connectivity index (χ3n) is 4.56. The van der Waals surface area contributed by atoms with Crippen molar-refractivity contribution >= 4 is 23.4 Å². The van der Waals surface area contributed by atoms with Crippen LogP contribution in [0.5, 0.6) is 5.75 Å². The molecular formula is C17H23N3O4S. The average molecular weight is 365 g/mol. The van der Waals surface area contributed by atoms with Gasteiger partial charge in [0, 0.05) is 68.6 Å². The largest absolute Gasteiger partial charge is 0.490 e. The van der Waals surface area contributed by atoms with E-state index >= 15 is 0 Å². The minimum Gasteiger partial charge on any atom is -0.490 e. The molecule has 7 nitrogen and oxygen atoms in total. The van der Waals surface area contributed by atoms with E-state index in [1.54, 1.807) is 12.1 Å². The number of hydrogen-bond acceptors (Lipinski definition) is 6. The van der Waals surface area contributed by atoms with Crippen molar-refractivity contribution in [2.24, 2.45) is 0 Å². The molecule has 0 bridgehead atoms. The third-order valence-corrected chi connectivity index (χ3v) is 5.70. The van der Waals surface area contributed by atoms with Crippen molar-refractivity contribution in [3.05, 3.63) is 34.4 Å². The van der Waals surface area contributed by atoms with E-state index in [1.807, 2.05) is 16.7 Å². The molecule has 2 heterocycles. The zero-order valence-corrected chi connectivity index (χ0v) is 14.9. The van der Waals surface area contributed by atoms with Gasteiger partial charge in [0.15, 0.2) is 0 Å². The quantitative estimate of drug-likeness (QED) is 0.635. The molecule has 0 saturated carbocycles. The highest BCUT2D eigenvalue weighted by molar-refractivity contribution is 7.99. The molecule has 1 atom stereocenters. The highest BCUT2D eigenvalue weighted by atomic mass is 32.2. The van der Waals surface area contributed by atoms with Crippen molar-refractivity contribution in [3.8, 4) is 5.75 Å². The summed E-state index contributed by atoms with van der Waals surface area (Å²) in [7, 11) is 0. The first kappa shape index (κ1) is 18.0. The second-order valence-corrected chi connectivity index (χ2v) is 7.53. The van der Waals surface area contributed by atoms with Gasteiger partial charge in [-0.3, -0.25) is 14.9 Å². The van der Waals surface area contributed by atoms with Crippen LogP contribution in [0.2, 0.25) is 0 Å². The number of likely N-dealkylation sites (tertiary alicyclic amines) is 1. The number of nitrogens with zero attached hydrogens (tertiary/aromatic N) is 2. The Hall–Kier alpha value is -1.80. The summed E-state index contributed by atoms with van der Waals surface area (Å²) in [6.07, 6.45) is 2.19. The Morgan fingerprint density at radius 1 is 1.32 bits per heavy atom. The van der Waals surface area contributed by atoms with Crippen molar-refractivity contribution < 1.29 is 14.5 Å². The molecule has 8 heteroatoms. The molecule has 1 amide bonds. The Morgan fingerprint density at radius 3 is 2.64 bits per heavy atom. The summed E-state index contributed by atoms with van der Waals surface area (Å²) >= 11 is 1.90. The van der Waals surface area contributed by atoms with Gasteiger partial charge in [-0.1, -0.05) is 0 Å². The van der Waals surface area contributed by atoms with Gasteiger partial charge in [-0.25, -0.2) is 0 Å². The number of non-ortho nitro benzene ring substituents is 1. The van der Waals surface area contributed by atoms with Gasteiger partial charge in [0.2, 0.25) is 5.91 Å². The van der Waals surface area contributed by atoms with E-state index < -0.39 is 4.92 Å².